The molecule has 5 nitrogen and oxygen atoms in total. The number of hydrogen-bond acceptors (Lipinski definition) is 3. The van der Waals surface area contributed by atoms with Gasteiger partial charge in [-0.2, -0.15) is 0 Å². The zero-order chi connectivity index (χ0) is 19.4. The summed E-state index contributed by atoms with van der Waals surface area (Å²) in [5, 5.41) is 6.85. The van der Waals surface area contributed by atoms with Crippen molar-refractivity contribution in [3.05, 3.63) is 69.3 Å². The van der Waals surface area contributed by atoms with Gasteiger partial charge in [0.1, 0.15) is 5.15 Å². The van der Waals surface area contributed by atoms with Gasteiger partial charge in [-0.15, -0.1) is 0 Å². The van der Waals surface area contributed by atoms with Crippen molar-refractivity contribution in [3.63, 3.8) is 0 Å². The lowest BCUT2D eigenvalue weighted by atomic mass is 10.1. The Morgan fingerprint density at radius 1 is 1.11 bits per heavy atom. The van der Waals surface area contributed by atoms with Crippen LogP contribution < -0.4 is 10.6 Å². The molecular weight excluding hydrogens is 430 g/mol. The van der Waals surface area contributed by atoms with Crippen molar-refractivity contribution in [2.45, 2.75) is 13.3 Å². The van der Waals surface area contributed by atoms with Gasteiger partial charge in [0.25, 0.3) is 5.91 Å². The van der Waals surface area contributed by atoms with Gasteiger partial charge in [0, 0.05) is 34.1 Å². The van der Waals surface area contributed by atoms with Gasteiger partial charge < -0.3 is 10.6 Å². The van der Waals surface area contributed by atoms with Crippen LogP contribution in [0.3, 0.4) is 0 Å². The Morgan fingerprint density at radius 2 is 1.93 bits per heavy atom. The fraction of sp³-hybridized carbons (Fsp3) is 0.150. The Hall–Kier alpha value is -2.44. The van der Waals surface area contributed by atoms with E-state index in [4.69, 9.17) is 11.6 Å². The standard InChI is InChI=1S/C20H17BrClN3O2/c1-12-2-5-15(21)11-17(12)25-19(26)8-9-23-20(27)14-3-6-16-13(10-14)4-7-18(22)24-16/h2-7,10-11H,8-9H2,1H3,(H,23,27)(H,25,26). The van der Waals surface area contributed by atoms with Crippen LogP contribution in [0.5, 0.6) is 0 Å². The van der Waals surface area contributed by atoms with Crippen LogP contribution in [0.2, 0.25) is 5.15 Å². The number of aryl methyl sites for hydroxylation is 1. The number of carbonyl (C=O) groups is 2. The molecule has 0 radical (unpaired) electrons. The van der Waals surface area contributed by atoms with Crippen molar-refractivity contribution in [1.29, 1.82) is 0 Å². The van der Waals surface area contributed by atoms with E-state index in [0.29, 0.717) is 10.7 Å². The number of benzene rings is 2. The third kappa shape index (κ3) is 5.05. The Balaban J connectivity index is 1.55. The van der Waals surface area contributed by atoms with E-state index in [1.54, 1.807) is 24.3 Å². The van der Waals surface area contributed by atoms with Crippen LogP contribution in [0.25, 0.3) is 10.9 Å². The molecule has 0 fully saturated rings. The maximum absolute atomic E-state index is 12.3. The lowest BCUT2D eigenvalue weighted by molar-refractivity contribution is -0.116. The number of fused-ring (bicyclic) bond motifs is 1. The zero-order valence-corrected chi connectivity index (χ0v) is 16.9. The van der Waals surface area contributed by atoms with Gasteiger partial charge in [-0.25, -0.2) is 4.98 Å². The van der Waals surface area contributed by atoms with Crippen LogP contribution >= 0.6 is 27.5 Å². The molecule has 0 spiro atoms. The second-order valence-electron chi connectivity index (χ2n) is 6.05. The number of pyridine rings is 1. The molecule has 3 rings (SSSR count). The lowest BCUT2D eigenvalue weighted by Gasteiger charge is -2.10. The molecule has 0 saturated carbocycles. The van der Waals surface area contributed by atoms with E-state index in [9.17, 15) is 9.59 Å². The number of anilines is 1. The summed E-state index contributed by atoms with van der Waals surface area (Å²) < 4.78 is 0.892. The Morgan fingerprint density at radius 3 is 2.74 bits per heavy atom. The second kappa shape index (κ2) is 8.50. The molecule has 0 aliphatic rings. The predicted molar refractivity (Wildman–Crippen MR) is 111 cm³/mol. The first-order chi connectivity index (χ1) is 12.9. The van der Waals surface area contributed by atoms with E-state index in [1.165, 1.54) is 0 Å². The predicted octanol–water partition coefficient (Wildman–Crippen LogP) is 4.72. The summed E-state index contributed by atoms with van der Waals surface area (Å²) in [6, 6.07) is 14.4. The van der Waals surface area contributed by atoms with E-state index in [0.717, 1.165) is 26.6 Å². The number of aromatic nitrogens is 1. The summed E-state index contributed by atoms with van der Waals surface area (Å²) in [7, 11) is 0. The smallest absolute Gasteiger partial charge is 0.251 e. The first-order valence-corrected chi connectivity index (χ1v) is 9.50. The number of amides is 2. The van der Waals surface area contributed by atoms with Crippen LogP contribution in [0.4, 0.5) is 5.69 Å². The van der Waals surface area contributed by atoms with Gasteiger partial charge >= 0.3 is 0 Å². The molecular formula is C20H17BrClN3O2. The molecule has 3 aromatic rings. The van der Waals surface area contributed by atoms with Crippen molar-refractivity contribution < 1.29 is 9.59 Å². The van der Waals surface area contributed by atoms with Crippen LogP contribution in [0, 0.1) is 6.92 Å². The maximum Gasteiger partial charge on any atom is 0.251 e. The largest absolute Gasteiger partial charge is 0.352 e. The minimum Gasteiger partial charge on any atom is -0.352 e. The molecule has 27 heavy (non-hydrogen) atoms. The number of halogens is 2. The van der Waals surface area contributed by atoms with Crippen molar-refractivity contribution in [3.8, 4) is 0 Å². The molecule has 0 saturated heterocycles. The van der Waals surface area contributed by atoms with Gasteiger partial charge in [-0.05, 0) is 55.0 Å². The number of hydrogen-bond donors (Lipinski definition) is 2. The summed E-state index contributed by atoms with van der Waals surface area (Å²) >= 11 is 9.25. The maximum atomic E-state index is 12.3. The average molecular weight is 447 g/mol. The van der Waals surface area contributed by atoms with Crippen LogP contribution in [-0.4, -0.2) is 23.3 Å². The zero-order valence-electron chi connectivity index (χ0n) is 14.6. The Bertz CT molecular complexity index is 1020. The summed E-state index contributed by atoms with van der Waals surface area (Å²) in [5.74, 6) is -0.396. The minimum absolute atomic E-state index is 0.158. The van der Waals surface area contributed by atoms with E-state index < -0.39 is 0 Å². The number of carbonyl (C=O) groups excluding carboxylic acids is 2. The highest BCUT2D eigenvalue weighted by molar-refractivity contribution is 9.10. The van der Waals surface area contributed by atoms with E-state index >= 15 is 0 Å². The molecule has 1 heterocycles. The second-order valence-corrected chi connectivity index (χ2v) is 7.36. The summed E-state index contributed by atoms with van der Waals surface area (Å²) in [4.78, 5) is 28.6. The monoisotopic (exact) mass is 445 g/mol. The number of rotatable bonds is 5. The SMILES string of the molecule is Cc1ccc(Br)cc1NC(=O)CCNC(=O)c1ccc2nc(Cl)ccc2c1. The van der Waals surface area contributed by atoms with Crippen molar-refractivity contribution in [2.24, 2.45) is 0 Å². The fourth-order valence-corrected chi connectivity index (χ4v) is 3.09. The molecule has 2 N–H and O–H groups in total. The molecule has 0 atom stereocenters. The molecule has 0 bridgehead atoms. The van der Waals surface area contributed by atoms with Gasteiger partial charge in [0.05, 0.1) is 5.52 Å². The van der Waals surface area contributed by atoms with Crippen LogP contribution in [0.1, 0.15) is 22.3 Å². The molecule has 2 amide bonds. The summed E-state index contributed by atoms with van der Waals surface area (Å²) in [5.41, 5.74) is 2.96. The molecule has 138 valence electrons. The molecule has 2 aromatic carbocycles. The minimum atomic E-state index is -0.238. The van der Waals surface area contributed by atoms with Gasteiger partial charge in [-0.3, -0.25) is 9.59 Å². The quantitative estimate of drug-likeness (QED) is 0.557. The third-order valence-electron chi connectivity index (χ3n) is 4.03. The Labute approximate surface area is 170 Å². The highest BCUT2D eigenvalue weighted by atomic mass is 79.9. The van der Waals surface area contributed by atoms with Gasteiger partial charge in [-0.1, -0.05) is 33.6 Å². The van der Waals surface area contributed by atoms with Gasteiger partial charge in [0.15, 0.2) is 0 Å². The highest BCUT2D eigenvalue weighted by Gasteiger charge is 2.09. The first-order valence-electron chi connectivity index (χ1n) is 8.33. The van der Waals surface area contributed by atoms with Crippen molar-refractivity contribution in [2.75, 3.05) is 11.9 Å². The normalized spacial score (nSPS) is 10.6. The summed E-state index contributed by atoms with van der Waals surface area (Å²) in [6.07, 6.45) is 0.183. The number of nitrogens with one attached hydrogen (secondary N) is 2. The first kappa shape index (κ1) is 19.3. The average Bonchev–Trinajstić information content (AvgIpc) is 2.64. The van der Waals surface area contributed by atoms with E-state index in [2.05, 4.69) is 31.5 Å². The molecule has 0 aliphatic carbocycles. The van der Waals surface area contributed by atoms with Crippen molar-refractivity contribution >= 4 is 55.9 Å². The number of nitrogens with zero attached hydrogens (tertiary/aromatic N) is 1. The fourth-order valence-electron chi connectivity index (χ4n) is 2.58. The molecule has 1 aromatic heterocycles. The molecule has 0 unspecified atom stereocenters. The van der Waals surface area contributed by atoms with Crippen molar-refractivity contribution in [1.82, 2.24) is 10.3 Å². The topological polar surface area (TPSA) is 71.1 Å². The highest BCUT2D eigenvalue weighted by Crippen LogP contribution is 2.21. The van der Waals surface area contributed by atoms with E-state index in [-0.39, 0.29) is 24.8 Å². The Kier molecular flexibility index (Phi) is 6.08. The van der Waals surface area contributed by atoms with Crippen LogP contribution in [0.15, 0.2) is 53.0 Å². The van der Waals surface area contributed by atoms with Gasteiger partial charge in [0.2, 0.25) is 5.91 Å². The lowest BCUT2D eigenvalue weighted by Crippen LogP contribution is -2.27. The van der Waals surface area contributed by atoms with Crippen LogP contribution in [-0.2, 0) is 4.79 Å². The molecule has 7 heteroatoms. The van der Waals surface area contributed by atoms with E-state index in [1.807, 2.05) is 31.2 Å². The molecule has 0 aliphatic heterocycles. The third-order valence-corrected chi connectivity index (χ3v) is 4.73. The summed E-state index contributed by atoms with van der Waals surface area (Å²) in [6.45, 7) is 2.17.